The van der Waals surface area contributed by atoms with Crippen LogP contribution in [-0.4, -0.2) is 31.0 Å². The second-order valence-corrected chi connectivity index (χ2v) is 8.31. The fourth-order valence-electron chi connectivity index (χ4n) is 4.01. The highest BCUT2D eigenvalue weighted by atomic mass is 15.1. The maximum absolute atomic E-state index is 4.93. The highest BCUT2D eigenvalue weighted by molar-refractivity contribution is 5.64. The molecular weight excluding hydrogens is 374 g/mol. The molecule has 3 aromatic heterocycles. The molecular formula is C23H27N7. The largest absolute Gasteiger partial charge is 0.351 e. The Balaban J connectivity index is 1.40. The van der Waals surface area contributed by atoms with Crippen molar-refractivity contribution in [2.24, 2.45) is 5.92 Å². The molecule has 154 valence electrons. The number of rotatable bonds is 7. The molecule has 0 aliphatic heterocycles. The number of nitrogens with zero attached hydrogens (tertiary/aromatic N) is 5. The molecule has 7 nitrogen and oxygen atoms in total. The highest BCUT2D eigenvalue weighted by Crippen LogP contribution is 2.35. The summed E-state index contributed by atoms with van der Waals surface area (Å²) in [5, 5.41) is 6.80. The van der Waals surface area contributed by atoms with Crippen LogP contribution in [0.15, 0.2) is 43.0 Å². The van der Waals surface area contributed by atoms with E-state index in [1.54, 1.807) is 18.6 Å². The topological polar surface area (TPSA) is 88.5 Å². The van der Waals surface area contributed by atoms with Crippen molar-refractivity contribution in [2.45, 2.75) is 57.4 Å². The normalized spacial score (nSPS) is 16.9. The van der Waals surface area contributed by atoms with Crippen LogP contribution >= 0.6 is 0 Å². The van der Waals surface area contributed by atoms with E-state index < -0.39 is 0 Å². The van der Waals surface area contributed by atoms with Gasteiger partial charge in [0.1, 0.15) is 0 Å². The second kappa shape index (κ2) is 8.73. The molecule has 5 rings (SSSR count). The standard InChI is InChI=1S/C23H27N7/c1-2-4-17(5-3-1)27-23-26-15-19(21(30-23)14-16-6-7-16)20-10-13-25-22(29-20)28-18-8-11-24-12-9-18/h8-13,15-17H,1-7,14H2,(H,26,27,30)(H,24,25,28,29). The van der Waals surface area contributed by atoms with E-state index in [4.69, 9.17) is 9.97 Å². The molecule has 2 aliphatic carbocycles. The third-order valence-electron chi connectivity index (χ3n) is 5.85. The minimum Gasteiger partial charge on any atom is -0.351 e. The van der Waals surface area contributed by atoms with Crippen LogP contribution in [0.5, 0.6) is 0 Å². The van der Waals surface area contributed by atoms with Crippen LogP contribution in [0.3, 0.4) is 0 Å². The first-order chi connectivity index (χ1) is 14.8. The van der Waals surface area contributed by atoms with Crippen molar-refractivity contribution < 1.29 is 0 Å². The molecule has 2 aliphatic rings. The third kappa shape index (κ3) is 4.72. The number of pyridine rings is 1. The summed E-state index contributed by atoms with van der Waals surface area (Å²) in [6.07, 6.45) is 17.1. The summed E-state index contributed by atoms with van der Waals surface area (Å²) in [6.45, 7) is 0. The van der Waals surface area contributed by atoms with Gasteiger partial charge in [0.05, 0.1) is 11.4 Å². The van der Waals surface area contributed by atoms with Gasteiger partial charge in [-0.3, -0.25) is 4.98 Å². The van der Waals surface area contributed by atoms with Crippen LogP contribution in [0.4, 0.5) is 17.6 Å². The van der Waals surface area contributed by atoms with Crippen LogP contribution in [0.2, 0.25) is 0 Å². The molecule has 0 aromatic carbocycles. The summed E-state index contributed by atoms with van der Waals surface area (Å²) in [6, 6.07) is 6.21. The Morgan fingerprint density at radius 2 is 1.67 bits per heavy atom. The predicted molar refractivity (Wildman–Crippen MR) is 118 cm³/mol. The van der Waals surface area contributed by atoms with Crippen molar-refractivity contribution in [3.8, 4) is 11.3 Å². The van der Waals surface area contributed by atoms with E-state index in [9.17, 15) is 0 Å². The zero-order valence-corrected chi connectivity index (χ0v) is 17.1. The average molecular weight is 402 g/mol. The lowest BCUT2D eigenvalue weighted by Crippen LogP contribution is -2.23. The molecule has 0 radical (unpaired) electrons. The molecule has 3 aromatic rings. The van der Waals surface area contributed by atoms with Gasteiger partial charge in [-0.15, -0.1) is 0 Å². The van der Waals surface area contributed by atoms with Crippen molar-refractivity contribution in [3.63, 3.8) is 0 Å². The van der Waals surface area contributed by atoms with Crippen molar-refractivity contribution in [1.82, 2.24) is 24.9 Å². The van der Waals surface area contributed by atoms with E-state index in [2.05, 4.69) is 25.6 Å². The van der Waals surface area contributed by atoms with Gasteiger partial charge in [-0.2, -0.15) is 0 Å². The van der Waals surface area contributed by atoms with Crippen LogP contribution in [-0.2, 0) is 6.42 Å². The SMILES string of the molecule is c1cc(Nc2nccc(-c3cnc(NC4CCCCC4)nc3CC3CC3)n2)ccn1. The van der Waals surface area contributed by atoms with Gasteiger partial charge < -0.3 is 10.6 Å². The van der Waals surface area contributed by atoms with E-state index in [1.807, 2.05) is 24.4 Å². The Bertz CT molecular complexity index is 982. The summed E-state index contributed by atoms with van der Waals surface area (Å²) < 4.78 is 0. The number of aromatic nitrogens is 5. The van der Waals surface area contributed by atoms with E-state index in [-0.39, 0.29) is 0 Å². The first-order valence-electron chi connectivity index (χ1n) is 11.0. The summed E-state index contributed by atoms with van der Waals surface area (Å²) in [7, 11) is 0. The Labute approximate surface area is 176 Å². The number of hydrogen-bond acceptors (Lipinski definition) is 7. The fourth-order valence-corrected chi connectivity index (χ4v) is 4.01. The Kier molecular flexibility index (Phi) is 5.50. The van der Waals surface area contributed by atoms with Crippen LogP contribution < -0.4 is 10.6 Å². The van der Waals surface area contributed by atoms with Gasteiger partial charge in [-0.25, -0.2) is 19.9 Å². The molecule has 0 spiro atoms. The summed E-state index contributed by atoms with van der Waals surface area (Å²) in [4.78, 5) is 22.7. The monoisotopic (exact) mass is 401 g/mol. The molecule has 0 bridgehead atoms. The second-order valence-electron chi connectivity index (χ2n) is 8.31. The molecule has 0 atom stereocenters. The van der Waals surface area contributed by atoms with Gasteiger partial charge in [0.15, 0.2) is 0 Å². The van der Waals surface area contributed by atoms with E-state index in [0.717, 1.165) is 40.9 Å². The molecule has 30 heavy (non-hydrogen) atoms. The van der Waals surface area contributed by atoms with Gasteiger partial charge in [-0.05, 0) is 56.2 Å². The van der Waals surface area contributed by atoms with E-state index in [0.29, 0.717) is 12.0 Å². The lowest BCUT2D eigenvalue weighted by atomic mass is 9.96. The van der Waals surface area contributed by atoms with E-state index in [1.165, 1.54) is 44.9 Å². The molecule has 2 fully saturated rings. The smallest absolute Gasteiger partial charge is 0.227 e. The maximum Gasteiger partial charge on any atom is 0.227 e. The number of hydrogen-bond donors (Lipinski definition) is 2. The predicted octanol–water partition coefficient (Wildman–Crippen LogP) is 4.77. The van der Waals surface area contributed by atoms with Crippen LogP contribution in [0.25, 0.3) is 11.3 Å². The zero-order chi connectivity index (χ0) is 20.2. The fraction of sp³-hybridized carbons (Fsp3) is 0.435. The Morgan fingerprint density at radius 1 is 0.833 bits per heavy atom. The number of anilines is 3. The van der Waals surface area contributed by atoms with E-state index >= 15 is 0 Å². The van der Waals surface area contributed by atoms with Gasteiger partial charge in [0, 0.05) is 42.1 Å². The van der Waals surface area contributed by atoms with Crippen molar-refractivity contribution >= 4 is 17.6 Å². The lowest BCUT2D eigenvalue weighted by Gasteiger charge is -2.23. The highest BCUT2D eigenvalue weighted by Gasteiger charge is 2.25. The van der Waals surface area contributed by atoms with Gasteiger partial charge in [-0.1, -0.05) is 19.3 Å². The minimum atomic E-state index is 0.494. The lowest BCUT2D eigenvalue weighted by molar-refractivity contribution is 0.460. The summed E-state index contributed by atoms with van der Waals surface area (Å²) in [5.74, 6) is 2.04. The Hall–Kier alpha value is -3.09. The first-order valence-corrected chi connectivity index (χ1v) is 11.0. The first kappa shape index (κ1) is 18.9. The van der Waals surface area contributed by atoms with Crippen LogP contribution in [0.1, 0.15) is 50.6 Å². The molecule has 0 unspecified atom stereocenters. The van der Waals surface area contributed by atoms with Crippen LogP contribution in [0, 0.1) is 5.92 Å². The minimum absolute atomic E-state index is 0.494. The average Bonchev–Trinajstić information content (AvgIpc) is 3.60. The zero-order valence-electron chi connectivity index (χ0n) is 17.1. The molecule has 0 amide bonds. The Morgan fingerprint density at radius 3 is 2.47 bits per heavy atom. The third-order valence-corrected chi connectivity index (χ3v) is 5.85. The molecule has 3 heterocycles. The van der Waals surface area contributed by atoms with Gasteiger partial charge in [0.25, 0.3) is 0 Å². The summed E-state index contributed by atoms with van der Waals surface area (Å²) in [5.41, 5.74) is 3.83. The van der Waals surface area contributed by atoms with Crippen molar-refractivity contribution in [3.05, 3.63) is 48.7 Å². The molecule has 0 saturated heterocycles. The summed E-state index contributed by atoms with van der Waals surface area (Å²) >= 11 is 0. The van der Waals surface area contributed by atoms with Crippen molar-refractivity contribution in [2.75, 3.05) is 10.6 Å². The molecule has 2 N–H and O–H groups in total. The quantitative estimate of drug-likeness (QED) is 0.589. The van der Waals surface area contributed by atoms with Gasteiger partial charge in [0.2, 0.25) is 11.9 Å². The molecule has 7 heteroatoms. The maximum atomic E-state index is 4.93. The molecule has 2 saturated carbocycles. The number of nitrogens with one attached hydrogen (secondary N) is 2. The van der Waals surface area contributed by atoms with Gasteiger partial charge >= 0.3 is 0 Å². The van der Waals surface area contributed by atoms with Crippen molar-refractivity contribution in [1.29, 1.82) is 0 Å².